The molecule has 1 N–H and O–H groups in total. The molecule has 1 aromatic rings. The summed E-state index contributed by atoms with van der Waals surface area (Å²) in [6.07, 6.45) is 0. The molecule has 118 valence electrons. The molecular weight excluding hydrogens is 270 g/mol. The fourth-order valence-electron chi connectivity index (χ4n) is 1.55. The minimum atomic E-state index is -0.325. The van der Waals surface area contributed by atoms with Crippen LogP contribution in [0.3, 0.4) is 0 Å². The lowest BCUT2D eigenvalue weighted by atomic mass is 10.2. The number of rotatable bonds is 8. The van der Waals surface area contributed by atoms with Crippen molar-refractivity contribution in [2.45, 2.75) is 33.0 Å². The van der Waals surface area contributed by atoms with E-state index in [0.717, 1.165) is 11.3 Å². The van der Waals surface area contributed by atoms with Crippen LogP contribution in [0.2, 0.25) is 0 Å². The highest BCUT2D eigenvalue weighted by atomic mass is 16.5. The van der Waals surface area contributed by atoms with Gasteiger partial charge in [0.1, 0.15) is 6.61 Å². The minimum Gasteiger partial charge on any atom is -0.382 e. The second-order valence-electron chi connectivity index (χ2n) is 5.69. The molecule has 0 radical (unpaired) electrons. The molecule has 0 spiro atoms. The average Bonchev–Trinajstić information content (AvgIpc) is 2.41. The van der Waals surface area contributed by atoms with Gasteiger partial charge in [-0.3, -0.25) is 4.79 Å². The summed E-state index contributed by atoms with van der Waals surface area (Å²) in [6, 6.07) is 7.57. The monoisotopic (exact) mass is 295 g/mol. The van der Waals surface area contributed by atoms with Gasteiger partial charge in [0.2, 0.25) is 5.91 Å². The summed E-state index contributed by atoms with van der Waals surface area (Å²) >= 11 is 0. The van der Waals surface area contributed by atoms with Gasteiger partial charge in [0.25, 0.3) is 0 Å². The van der Waals surface area contributed by atoms with Crippen LogP contribution in [0.1, 0.15) is 26.3 Å². The summed E-state index contributed by atoms with van der Waals surface area (Å²) in [5.41, 5.74) is 1.42. The van der Waals surface area contributed by atoms with E-state index in [1.54, 1.807) is 7.11 Å². The molecular formula is C16H25NO4. The molecule has 0 aliphatic carbocycles. The van der Waals surface area contributed by atoms with Gasteiger partial charge in [0.15, 0.2) is 0 Å². The molecule has 1 amide bonds. The molecule has 5 nitrogen and oxygen atoms in total. The Balaban J connectivity index is 2.43. The molecule has 0 saturated heterocycles. The zero-order chi connectivity index (χ0) is 15.7. The Labute approximate surface area is 126 Å². The predicted molar refractivity (Wildman–Crippen MR) is 82.3 cm³/mol. The Hall–Kier alpha value is -1.43. The van der Waals surface area contributed by atoms with E-state index < -0.39 is 0 Å². The Kier molecular flexibility index (Phi) is 7.36. The maximum atomic E-state index is 11.8. The Morgan fingerprint density at radius 3 is 2.67 bits per heavy atom. The van der Waals surface area contributed by atoms with Crippen molar-refractivity contribution in [1.29, 1.82) is 0 Å². The first-order chi connectivity index (χ1) is 9.90. The quantitative estimate of drug-likeness (QED) is 0.749. The fourth-order valence-corrected chi connectivity index (χ4v) is 1.55. The fraction of sp³-hybridized carbons (Fsp3) is 0.562. The van der Waals surface area contributed by atoms with Crippen molar-refractivity contribution >= 4 is 11.6 Å². The van der Waals surface area contributed by atoms with Gasteiger partial charge in [0.05, 0.1) is 25.4 Å². The highest BCUT2D eigenvalue weighted by Gasteiger charge is 2.13. The Bertz CT molecular complexity index is 440. The SMILES string of the molecule is COCCOCc1cccc(NC(=O)COC(C)(C)C)c1. The van der Waals surface area contributed by atoms with Crippen LogP contribution >= 0.6 is 0 Å². The number of hydrogen-bond donors (Lipinski definition) is 1. The van der Waals surface area contributed by atoms with Gasteiger partial charge in [0, 0.05) is 12.8 Å². The molecule has 1 rings (SSSR count). The van der Waals surface area contributed by atoms with E-state index in [-0.39, 0.29) is 18.1 Å². The van der Waals surface area contributed by atoms with Crippen molar-refractivity contribution in [3.05, 3.63) is 29.8 Å². The smallest absolute Gasteiger partial charge is 0.250 e. The average molecular weight is 295 g/mol. The summed E-state index contributed by atoms with van der Waals surface area (Å²) in [5, 5.41) is 2.81. The van der Waals surface area contributed by atoms with E-state index in [2.05, 4.69) is 5.32 Å². The van der Waals surface area contributed by atoms with E-state index in [0.29, 0.717) is 19.8 Å². The Morgan fingerprint density at radius 2 is 2.00 bits per heavy atom. The van der Waals surface area contributed by atoms with E-state index >= 15 is 0 Å². The third-order valence-corrected chi connectivity index (χ3v) is 2.55. The normalized spacial score (nSPS) is 11.4. The standard InChI is InChI=1S/C16H25NO4/c1-16(2,3)21-12-15(18)17-14-7-5-6-13(10-14)11-20-9-8-19-4/h5-7,10H,8-9,11-12H2,1-4H3,(H,17,18). The molecule has 0 aromatic heterocycles. The van der Waals surface area contributed by atoms with Gasteiger partial charge < -0.3 is 19.5 Å². The van der Waals surface area contributed by atoms with Gasteiger partial charge in [-0.25, -0.2) is 0 Å². The van der Waals surface area contributed by atoms with Crippen molar-refractivity contribution in [1.82, 2.24) is 0 Å². The van der Waals surface area contributed by atoms with Crippen LogP contribution in [0.15, 0.2) is 24.3 Å². The van der Waals surface area contributed by atoms with Crippen molar-refractivity contribution in [2.24, 2.45) is 0 Å². The molecule has 0 heterocycles. The number of benzene rings is 1. The van der Waals surface area contributed by atoms with Gasteiger partial charge in [-0.1, -0.05) is 12.1 Å². The second-order valence-corrected chi connectivity index (χ2v) is 5.69. The zero-order valence-electron chi connectivity index (χ0n) is 13.3. The van der Waals surface area contributed by atoms with Gasteiger partial charge in [-0.15, -0.1) is 0 Å². The van der Waals surface area contributed by atoms with Crippen molar-refractivity contribution < 1.29 is 19.0 Å². The number of nitrogens with one attached hydrogen (secondary N) is 1. The predicted octanol–water partition coefficient (Wildman–Crippen LogP) is 2.60. The molecule has 0 bridgehead atoms. The zero-order valence-corrected chi connectivity index (χ0v) is 13.3. The van der Waals surface area contributed by atoms with Crippen LogP contribution in [0.4, 0.5) is 5.69 Å². The van der Waals surface area contributed by atoms with Crippen LogP contribution < -0.4 is 5.32 Å². The highest BCUT2D eigenvalue weighted by Crippen LogP contribution is 2.12. The molecule has 0 saturated carbocycles. The topological polar surface area (TPSA) is 56.8 Å². The molecule has 5 heteroatoms. The first-order valence-corrected chi connectivity index (χ1v) is 7.00. The lowest BCUT2D eigenvalue weighted by Gasteiger charge is -2.19. The largest absolute Gasteiger partial charge is 0.382 e. The highest BCUT2D eigenvalue weighted by molar-refractivity contribution is 5.91. The van der Waals surface area contributed by atoms with Crippen LogP contribution in [0, 0.1) is 0 Å². The van der Waals surface area contributed by atoms with E-state index in [1.807, 2.05) is 45.0 Å². The lowest BCUT2D eigenvalue weighted by Crippen LogP contribution is -2.27. The number of amides is 1. The maximum absolute atomic E-state index is 11.8. The molecule has 0 unspecified atom stereocenters. The molecule has 1 aromatic carbocycles. The molecule has 0 atom stereocenters. The number of carbonyl (C=O) groups is 1. The molecule has 21 heavy (non-hydrogen) atoms. The van der Waals surface area contributed by atoms with Gasteiger partial charge in [-0.2, -0.15) is 0 Å². The van der Waals surface area contributed by atoms with Crippen molar-refractivity contribution in [3.8, 4) is 0 Å². The van der Waals surface area contributed by atoms with E-state index in [1.165, 1.54) is 0 Å². The number of carbonyl (C=O) groups excluding carboxylic acids is 1. The van der Waals surface area contributed by atoms with E-state index in [9.17, 15) is 4.79 Å². The summed E-state index contributed by atoms with van der Waals surface area (Å²) in [5.74, 6) is -0.164. The number of hydrogen-bond acceptors (Lipinski definition) is 4. The summed E-state index contributed by atoms with van der Waals surface area (Å²) in [7, 11) is 1.64. The van der Waals surface area contributed by atoms with Gasteiger partial charge >= 0.3 is 0 Å². The van der Waals surface area contributed by atoms with Crippen molar-refractivity contribution in [3.63, 3.8) is 0 Å². The maximum Gasteiger partial charge on any atom is 0.250 e. The first kappa shape index (κ1) is 17.6. The third-order valence-electron chi connectivity index (χ3n) is 2.55. The molecule has 0 aliphatic heterocycles. The summed E-state index contributed by atoms with van der Waals surface area (Å²) in [6.45, 7) is 7.39. The van der Waals surface area contributed by atoms with Crippen LogP contribution in [0.25, 0.3) is 0 Å². The van der Waals surface area contributed by atoms with E-state index in [4.69, 9.17) is 14.2 Å². The van der Waals surface area contributed by atoms with Crippen molar-refractivity contribution in [2.75, 3.05) is 32.2 Å². The second kappa shape index (κ2) is 8.77. The third kappa shape index (κ3) is 8.45. The first-order valence-electron chi connectivity index (χ1n) is 7.00. The minimum absolute atomic E-state index is 0.0397. The van der Waals surface area contributed by atoms with Crippen LogP contribution in [-0.2, 0) is 25.6 Å². The number of methoxy groups -OCH3 is 1. The summed E-state index contributed by atoms with van der Waals surface area (Å²) in [4.78, 5) is 11.8. The number of anilines is 1. The lowest BCUT2D eigenvalue weighted by molar-refractivity contribution is -0.125. The van der Waals surface area contributed by atoms with Crippen LogP contribution in [0.5, 0.6) is 0 Å². The summed E-state index contributed by atoms with van der Waals surface area (Å²) < 4.78 is 15.8. The van der Waals surface area contributed by atoms with Crippen LogP contribution in [-0.4, -0.2) is 38.4 Å². The molecule has 0 fully saturated rings. The molecule has 0 aliphatic rings. The van der Waals surface area contributed by atoms with Gasteiger partial charge in [-0.05, 0) is 38.5 Å². The Morgan fingerprint density at radius 1 is 1.24 bits per heavy atom. The number of ether oxygens (including phenoxy) is 3.